The second kappa shape index (κ2) is 3.79. The Morgan fingerprint density at radius 2 is 1.80 bits per heavy atom. The zero-order valence-corrected chi connectivity index (χ0v) is 9.10. The van der Waals surface area contributed by atoms with Gasteiger partial charge in [0.25, 0.3) is 5.91 Å². The fourth-order valence-electron chi connectivity index (χ4n) is 1.71. The Balaban J connectivity index is 3.16. The number of hydrogen-bond acceptors (Lipinski definition) is 4. The molecule has 15 heavy (non-hydrogen) atoms. The lowest BCUT2D eigenvalue weighted by atomic mass is 9.87. The smallest absolute Gasteiger partial charge is 0.331 e. The van der Waals surface area contributed by atoms with Crippen molar-refractivity contribution in [1.82, 2.24) is 9.80 Å². The first-order chi connectivity index (χ1) is 6.91. The summed E-state index contributed by atoms with van der Waals surface area (Å²) in [7, 11) is 0. The van der Waals surface area contributed by atoms with Crippen molar-refractivity contribution in [3.63, 3.8) is 0 Å². The molecule has 6 nitrogen and oxygen atoms in total. The predicted molar refractivity (Wildman–Crippen MR) is 51.5 cm³/mol. The normalized spacial score (nSPS) is 27.1. The summed E-state index contributed by atoms with van der Waals surface area (Å²) < 4.78 is 0. The highest BCUT2D eigenvalue weighted by atomic mass is 16.3. The van der Waals surface area contributed by atoms with Crippen molar-refractivity contribution in [2.45, 2.75) is 26.3 Å². The summed E-state index contributed by atoms with van der Waals surface area (Å²) >= 11 is 0. The summed E-state index contributed by atoms with van der Waals surface area (Å²) in [5.41, 5.74) is -1.07. The maximum absolute atomic E-state index is 11.9. The summed E-state index contributed by atoms with van der Waals surface area (Å²) in [4.78, 5) is 25.3. The van der Waals surface area contributed by atoms with Crippen molar-refractivity contribution in [2.24, 2.45) is 5.92 Å². The van der Waals surface area contributed by atoms with Crippen molar-refractivity contribution in [2.75, 3.05) is 13.5 Å². The van der Waals surface area contributed by atoms with Crippen LogP contribution in [0.1, 0.15) is 20.8 Å². The van der Waals surface area contributed by atoms with E-state index in [1.165, 1.54) is 0 Å². The molecular weight excluding hydrogens is 200 g/mol. The molecule has 1 heterocycles. The summed E-state index contributed by atoms with van der Waals surface area (Å²) in [6, 6.07) is -0.652. The minimum atomic E-state index is -1.07. The van der Waals surface area contributed by atoms with Crippen LogP contribution in [-0.4, -0.2) is 51.0 Å². The van der Waals surface area contributed by atoms with Crippen LogP contribution in [0.2, 0.25) is 0 Å². The molecule has 1 aliphatic rings. The van der Waals surface area contributed by atoms with Crippen LogP contribution in [0.4, 0.5) is 4.79 Å². The quantitative estimate of drug-likeness (QED) is 0.627. The van der Waals surface area contributed by atoms with Crippen molar-refractivity contribution < 1.29 is 19.8 Å². The first-order valence-corrected chi connectivity index (χ1v) is 4.76. The third-order valence-corrected chi connectivity index (χ3v) is 3.11. The van der Waals surface area contributed by atoms with Crippen LogP contribution in [0, 0.1) is 5.92 Å². The van der Waals surface area contributed by atoms with Gasteiger partial charge in [0.15, 0.2) is 0 Å². The first kappa shape index (κ1) is 11.9. The number of hydrogen-bond donors (Lipinski definition) is 2. The van der Waals surface area contributed by atoms with Crippen molar-refractivity contribution >= 4 is 11.9 Å². The van der Waals surface area contributed by atoms with E-state index in [9.17, 15) is 9.59 Å². The number of carbonyl (C=O) groups excluding carboxylic acids is 2. The van der Waals surface area contributed by atoms with E-state index < -0.39 is 30.9 Å². The second-order valence-corrected chi connectivity index (χ2v) is 4.03. The molecule has 3 amide bonds. The summed E-state index contributed by atoms with van der Waals surface area (Å²) in [5.74, 6) is -0.614. The number of carbonyl (C=O) groups is 2. The molecule has 1 unspecified atom stereocenters. The van der Waals surface area contributed by atoms with Gasteiger partial charge in [-0.1, -0.05) is 13.8 Å². The Kier molecular flexibility index (Phi) is 3.01. The summed E-state index contributed by atoms with van der Waals surface area (Å²) in [6.07, 6.45) is 0. The molecule has 0 aliphatic carbocycles. The van der Waals surface area contributed by atoms with Crippen LogP contribution in [0.25, 0.3) is 0 Å². The van der Waals surface area contributed by atoms with Crippen LogP contribution in [0.3, 0.4) is 0 Å². The molecule has 6 heteroatoms. The Bertz CT molecular complexity index is 292. The van der Waals surface area contributed by atoms with Gasteiger partial charge in [0.05, 0.1) is 0 Å². The monoisotopic (exact) mass is 216 g/mol. The Morgan fingerprint density at radius 3 is 2.07 bits per heavy atom. The average Bonchev–Trinajstić information content (AvgIpc) is 2.36. The Labute approximate surface area is 88.1 Å². The van der Waals surface area contributed by atoms with Gasteiger partial charge < -0.3 is 10.2 Å². The molecule has 0 aromatic heterocycles. The number of aliphatic hydroxyl groups is 2. The molecule has 2 N–H and O–H groups in total. The third kappa shape index (κ3) is 1.40. The molecule has 1 saturated heterocycles. The highest BCUT2D eigenvalue weighted by Crippen LogP contribution is 2.33. The van der Waals surface area contributed by atoms with Crippen molar-refractivity contribution in [3.8, 4) is 0 Å². The van der Waals surface area contributed by atoms with E-state index >= 15 is 0 Å². The van der Waals surface area contributed by atoms with Crippen LogP contribution in [0.15, 0.2) is 0 Å². The zero-order chi connectivity index (χ0) is 11.8. The number of urea groups is 1. The number of amides is 3. The van der Waals surface area contributed by atoms with Gasteiger partial charge in [0.2, 0.25) is 0 Å². The first-order valence-electron chi connectivity index (χ1n) is 4.76. The van der Waals surface area contributed by atoms with E-state index in [4.69, 9.17) is 10.2 Å². The molecule has 1 atom stereocenters. The SMILES string of the molecule is CC(C)C1(C)C(=O)N(CO)C(=O)N1CO. The molecule has 0 radical (unpaired) electrons. The molecular formula is C9H16N2O4. The van der Waals surface area contributed by atoms with E-state index in [0.717, 1.165) is 9.80 Å². The Morgan fingerprint density at radius 1 is 1.27 bits per heavy atom. The third-order valence-electron chi connectivity index (χ3n) is 3.11. The number of rotatable bonds is 3. The van der Waals surface area contributed by atoms with Gasteiger partial charge in [-0.05, 0) is 12.8 Å². The largest absolute Gasteiger partial charge is 0.376 e. The molecule has 1 fully saturated rings. The molecule has 1 aliphatic heterocycles. The lowest BCUT2D eigenvalue weighted by Crippen LogP contribution is -2.51. The standard InChI is InChI=1S/C9H16N2O4/c1-6(2)9(3)7(14)10(4-12)8(15)11(9)5-13/h6,12-13H,4-5H2,1-3H3. The van der Waals surface area contributed by atoms with E-state index in [-0.39, 0.29) is 5.92 Å². The maximum Gasteiger partial charge on any atom is 0.331 e. The highest BCUT2D eigenvalue weighted by Gasteiger charge is 2.55. The Hall–Kier alpha value is -1.14. The van der Waals surface area contributed by atoms with Gasteiger partial charge in [-0.2, -0.15) is 0 Å². The molecule has 0 aromatic rings. The number of imide groups is 1. The van der Waals surface area contributed by atoms with Gasteiger partial charge in [0, 0.05) is 0 Å². The minimum Gasteiger partial charge on any atom is -0.376 e. The minimum absolute atomic E-state index is 0.141. The van der Waals surface area contributed by atoms with Crippen LogP contribution in [0.5, 0.6) is 0 Å². The van der Waals surface area contributed by atoms with Gasteiger partial charge in [-0.3, -0.25) is 9.69 Å². The average molecular weight is 216 g/mol. The van der Waals surface area contributed by atoms with Gasteiger partial charge in [-0.15, -0.1) is 0 Å². The van der Waals surface area contributed by atoms with E-state index in [0.29, 0.717) is 0 Å². The van der Waals surface area contributed by atoms with Crippen molar-refractivity contribution in [3.05, 3.63) is 0 Å². The molecule has 1 rings (SSSR count). The van der Waals surface area contributed by atoms with Crippen LogP contribution < -0.4 is 0 Å². The molecule has 86 valence electrons. The second-order valence-electron chi connectivity index (χ2n) is 4.03. The van der Waals surface area contributed by atoms with E-state index in [2.05, 4.69) is 0 Å². The highest BCUT2D eigenvalue weighted by molar-refractivity contribution is 6.06. The fourth-order valence-corrected chi connectivity index (χ4v) is 1.71. The van der Waals surface area contributed by atoms with Crippen LogP contribution in [-0.2, 0) is 4.79 Å². The summed E-state index contributed by atoms with van der Waals surface area (Å²) in [5, 5.41) is 18.0. The van der Waals surface area contributed by atoms with Gasteiger partial charge >= 0.3 is 6.03 Å². The van der Waals surface area contributed by atoms with Crippen molar-refractivity contribution in [1.29, 1.82) is 0 Å². The predicted octanol–water partition coefficient (Wildman–Crippen LogP) is -0.435. The molecule has 0 spiro atoms. The van der Waals surface area contributed by atoms with Crippen LogP contribution >= 0.6 is 0 Å². The molecule has 0 bridgehead atoms. The lowest BCUT2D eigenvalue weighted by Gasteiger charge is -2.33. The van der Waals surface area contributed by atoms with E-state index in [1.54, 1.807) is 20.8 Å². The van der Waals surface area contributed by atoms with Gasteiger partial charge in [0.1, 0.15) is 19.0 Å². The molecule has 0 aromatic carbocycles. The maximum atomic E-state index is 11.9. The number of nitrogens with zero attached hydrogens (tertiary/aromatic N) is 2. The molecule has 0 saturated carbocycles. The topological polar surface area (TPSA) is 81.1 Å². The fraction of sp³-hybridized carbons (Fsp3) is 0.778. The number of aliphatic hydroxyl groups excluding tert-OH is 2. The van der Waals surface area contributed by atoms with E-state index in [1.807, 2.05) is 0 Å². The zero-order valence-electron chi connectivity index (χ0n) is 9.10. The summed E-state index contributed by atoms with van der Waals surface area (Å²) in [6.45, 7) is 3.97. The lowest BCUT2D eigenvalue weighted by molar-refractivity contribution is -0.137. The van der Waals surface area contributed by atoms with Gasteiger partial charge in [-0.25, -0.2) is 9.69 Å².